The zero-order valence-corrected chi connectivity index (χ0v) is 9.40. The van der Waals surface area contributed by atoms with Crippen LogP contribution < -0.4 is 0 Å². The van der Waals surface area contributed by atoms with Crippen molar-refractivity contribution in [2.24, 2.45) is 17.8 Å². The number of rotatable bonds is 3. The van der Waals surface area contributed by atoms with Crippen molar-refractivity contribution in [3.05, 3.63) is 0 Å². The minimum atomic E-state index is -0.532. The largest absolute Gasteiger partial charge is 0.466 e. The zero-order chi connectivity index (χ0) is 11.7. The van der Waals surface area contributed by atoms with Gasteiger partial charge in [0.05, 0.1) is 18.4 Å². The van der Waals surface area contributed by atoms with E-state index in [2.05, 4.69) is 0 Å². The Morgan fingerprint density at radius 2 is 1.81 bits per heavy atom. The second kappa shape index (κ2) is 4.36. The zero-order valence-electron chi connectivity index (χ0n) is 9.40. The first kappa shape index (κ1) is 11.3. The molecule has 2 aliphatic carbocycles. The molecule has 0 radical (unpaired) electrons. The van der Waals surface area contributed by atoms with E-state index in [4.69, 9.17) is 4.74 Å². The number of Topliss-reactive ketones (excluding diaryl/α,β-unsaturated/α-hetero) is 2. The van der Waals surface area contributed by atoms with Crippen LogP contribution in [0.25, 0.3) is 0 Å². The van der Waals surface area contributed by atoms with Gasteiger partial charge in [-0.05, 0) is 25.7 Å². The average molecular weight is 224 g/mol. The normalized spacial score (nSPS) is 30.3. The Bertz CT molecular complexity index is 312. The van der Waals surface area contributed by atoms with Crippen molar-refractivity contribution in [1.82, 2.24) is 0 Å². The van der Waals surface area contributed by atoms with Crippen LogP contribution in [0.3, 0.4) is 0 Å². The Balaban J connectivity index is 2.00. The van der Waals surface area contributed by atoms with E-state index in [1.165, 1.54) is 0 Å². The molecule has 0 amide bonds. The predicted molar refractivity (Wildman–Crippen MR) is 55.6 cm³/mol. The highest BCUT2D eigenvalue weighted by molar-refractivity contribution is 6.07. The Morgan fingerprint density at radius 1 is 1.25 bits per heavy atom. The van der Waals surface area contributed by atoms with Gasteiger partial charge in [0.2, 0.25) is 0 Å². The molecule has 0 spiro atoms. The lowest BCUT2D eigenvalue weighted by atomic mass is 9.77. The molecule has 0 aromatic carbocycles. The van der Waals surface area contributed by atoms with Crippen LogP contribution in [0.1, 0.15) is 32.6 Å². The second-order valence-corrected chi connectivity index (χ2v) is 4.60. The quantitative estimate of drug-likeness (QED) is 0.532. The fraction of sp³-hybridized carbons (Fsp3) is 0.750. The van der Waals surface area contributed by atoms with E-state index in [1.54, 1.807) is 6.92 Å². The van der Waals surface area contributed by atoms with Crippen LogP contribution in [-0.4, -0.2) is 24.1 Å². The maximum Gasteiger partial charge on any atom is 0.309 e. The highest BCUT2D eigenvalue weighted by Gasteiger charge is 2.46. The molecule has 0 bridgehead atoms. The van der Waals surface area contributed by atoms with Crippen LogP contribution in [0.5, 0.6) is 0 Å². The summed E-state index contributed by atoms with van der Waals surface area (Å²) in [5, 5.41) is 0. The Morgan fingerprint density at radius 3 is 2.25 bits per heavy atom. The molecule has 2 aliphatic rings. The van der Waals surface area contributed by atoms with E-state index in [-0.39, 0.29) is 30.3 Å². The van der Waals surface area contributed by atoms with Gasteiger partial charge in [-0.2, -0.15) is 0 Å². The van der Waals surface area contributed by atoms with E-state index in [0.29, 0.717) is 6.61 Å². The lowest BCUT2D eigenvalue weighted by Gasteiger charge is -2.24. The first-order chi connectivity index (χ1) is 7.63. The van der Waals surface area contributed by atoms with Gasteiger partial charge in [0, 0.05) is 12.8 Å². The Kier molecular flexibility index (Phi) is 3.08. The third-order valence-electron chi connectivity index (χ3n) is 3.30. The van der Waals surface area contributed by atoms with Gasteiger partial charge in [-0.15, -0.1) is 0 Å². The van der Waals surface area contributed by atoms with Crippen molar-refractivity contribution >= 4 is 17.5 Å². The van der Waals surface area contributed by atoms with Gasteiger partial charge in [-0.3, -0.25) is 14.4 Å². The summed E-state index contributed by atoms with van der Waals surface area (Å²) in [5.74, 6) is -1.20. The SMILES string of the molecule is CCOC(=O)C1CC(=O)C(C2CC2)C(=O)C1. The van der Waals surface area contributed by atoms with Crippen molar-refractivity contribution in [3.63, 3.8) is 0 Å². The fourth-order valence-electron chi connectivity index (χ4n) is 2.37. The number of hydrogen-bond acceptors (Lipinski definition) is 4. The Hall–Kier alpha value is -1.19. The molecule has 0 aliphatic heterocycles. The molecular formula is C12H16O4. The van der Waals surface area contributed by atoms with Gasteiger partial charge < -0.3 is 4.74 Å². The summed E-state index contributed by atoms with van der Waals surface area (Å²) in [6.07, 6.45) is 2.33. The van der Waals surface area contributed by atoms with Gasteiger partial charge in [0.25, 0.3) is 0 Å². The van der Waals surface area contributed by atoms with Gasteiger partial charge in [0.15, 0.2) is 0 Å². The van der Waals surface area contributed by atoms with Crippen molar-refractivity contribution in [1.29, 1.82) is 0 Å². The maximum absolute atomic E-state index is 11.8. The van der Waals surface area contributed by atoms with Crippen molar-refractivity contribution in [2.75, 3.05) is 6.61 Å². The lowest BCUT2D eigenvalue weighted by Crippen LogP contribution is -2.38. The van der Waals surface area contributed by atoms with Crippen LogP contribution in [-0.2, 0) is 19.1 Å². The number of hydrogen-bond donors (Lipinski definition) is 0. The number of esters is 1. The fourth-order valence-corrected chi connectivity index (χ4v) is 2.37. The molecule has 16 heavy (non-hydrogen) atoms. The lowest BCUT2D eigenvalue weighted by molar-refractivity contribution is -0.155. The number of ketones is 2. The molecule has 0 aromatic heterocycles. The van der Waals surface area contributed by atoms with Crippen LogP contribution in [0.15, 0.2) is 0 Å². The van der Waals surface area contributed by atoms with Crippen LogP contribution >= 0.6 is 0 Å². The molecule has 0 aromatic rings. The summed E-state index contributed by atoms with van der Waals surface area (Å²) in [7, 11) is 0. The molecule has 0 unspecified atom stereocenters. The average Bonchev–Trinajstić information content (AvgIpc) is 3.01. The molecular weight excluding hydrogens is 208 g/mol. The minimum Gasteiger partial charge on any atom is -0.466 e. The second-order valence-electron chi connectivity index (χ2n) is 4.60. The predicted octanol–water partition coefficient (Wildman–Crippen LogP) is 1.12. The maximum atomic E-state index is 11.8. The summed E-state index contributed by atoms with van der Waals surface area (Å²) in [4.78, 5) is 35.0. The standard InChI is InChI=1S/C12H16O4/c1-2-16-12(15)8-5-9(13)11(7-3-4-7)10(14)6-8/h7-8,11H,2-6H2,1H3. The summed E-state index contributed by atoms with van der Waals surface area (Å²) < 4.78 is 4.85. The van der Waals surface area contributed by atoms with Crippen molar-refractivity contribution in [3.8, 4) is 0 Å². The van der Waals surface area contributed by atoms with Crippen molar-refractivity contribution < 1.29 is 19.1 Å². The third-order valence-corrected chi connectivity index (χ3v) is 3.30. The number of ether oxygens (including phenoxy) is 1. The smallest absolute Gasteiger partial charge is 0.309 e. The molecule has 2 saturated carbocycles. The molecule has 2 rings (SSSR count). The van der Waals surface area contributed by atoms with Crippen LogP contribution in [0.4, 0.5) is 0 Å². The molecule has 4 heteroatoms. The Labute approximate surface area is 94.3 Å². The molecule has 0 atom stereocenters. The van der Waals surface area contributed by atoms with Gasteiger partial charge in [-0.25, -0.2) is 0 Å². The van der Waals surface area contributed by atoms with E-state index in [0.717, 1.165) is 12.8 Å². The molecule has 0 heterocycles. The molecule has 4 nitrogen and oxygen atoms in total. The molecule has 0 saturated heterocycles. The summed E-state index contributed by atoms with van der Waals surface area (Å²) >= 11 is 0. The number of carbonyl (C=O) groups is 3. The monoisotopic (exact) mass is 224 g/mol. The highest BCUT2D eigenvalue weighted by atomic mass is 16.5. The van der Waals surface area contributed by atoms with E-state index >= 15 is 0 Å². The van der Waals surface area contributed by atoms with Gasteiger partial charge >= 0.3 is 5.97 Å². The third kappa shape index (κ3) is 2.15. The van der Waals surface area contributed by atoms with Crippen molar-refractivity contribution in [2.45, 2.75) is 32.6 Å². The number of carbonyl (C=O) groups excluding carboxylic acids is 3. The molecule has 0 N–H and O–H groups in total. The van der Waals surface area contributed by atoms with Crippen LogP contribution in [0.2, 0.25) is 0 Å². The first-order valence-electron chi connectivity index (χ1n) is 5.85. The molecule has 2 fully saturated rings. The van der Waals surface area contributed by atoms with Gasteiger partial charge in [-0.1, -0.05) is 0 Å². The van der Waals surface area contributed by atoms with E-state index in [9.17, 15) is 14.4 Å². The van der Waals surface area contributed by atoms with Gasteiger partial charge in [0.1, 0.15) is 11.6 Å². The highest BCUT2D eigenvalue weighted by Crippen LogP contribution is 2.42. The summed E-state index contributed by atoms with van der Waals surface area (Å²) in [6.45, 7) is 2.02. The summed E-state index contributed by atoms with van der Waals surface area (Å²) in [5.41, 5.74) is 0. The summed E-state index contributed by atoms with van der Waals surface area (Å²) in [6, 6.07) is 0. The van der Waals surface area contributed by atoms with E-state index in [1.807, 2.05) is 0 Å². The minimum absolute atomic E-state index is 0.0585. The first-order valence-corrected chi connectivity index (χ1v) is 5.85. The van der Waals surface area contributed by atoms with Crippen LogP contribution in [0, 0.1) is 17.8 Å². The topological polar surface area (TPSA) is 60.4 Å². The molecule has 88 valence electrons. The van der Waals surface area contributed by atoms with E-state index < -0.39 is 17.8 Å².